The first-order valence-electron chi connectivity index (χ1n) is 7.25. The molecule has 0 saturated heterocycles. The molecule has 0 fully saturated rings. The summed E-state index contributed by atoms with van der Waals surface area (Å²) >= 11 is 0. The zero-order valence-corrected chi connectivity index (χ0v) is 12.4. The summed E-state index contributed by atoms with van der Waals surface area (Å²) < 4.78 is 1.89. The van der Waals surface area contributed by atoms with Crippen molar-refractivity contribution in [1.82, 2.24) is 9.55 Å². The molecule has 1 heterocycles. The van der Waals surface area contributed by atoms with Crippen LogP contribution in [0.25, 0.3) is 5.69 Å². The van der Waals surface area contributed by atoms with Crippen molar-refractivity contribution < 1.29 is 4.79 Å². The van der Waals surface area contributed by atoms with E-state index in [1.807, 2.05) is 59.3 Å². The van der Waals surface area contributed by atoms with Crippen LogP contribution in [0.4, 0.5) is 5.69 Å². The standard InChI is InChI=1S/C18H17N3O/c1-2-14-3-7-16(8-4-14)20-18(22)15-5-9-17(10-6-15)21-12-11-19-13-21/h3-13H,2H2,1H3,(H,20,22). The molecule has 4 heteroatoms. The molecule has 0 aliphatic rings. The molecule has 1 N–H and O–H groups in total. The van der Waals surface area contributed by atoms with Gasteiger partial charge in [-0.2, -0.15) is 0 Å². The zero-order chi connectivity index (χ0) is 15.4. The average Bonchev–Trinajstić information content (AvgIpc) is 3.10. The number of nitrogens with zero attached hydrogens (tertiary/aromatic N) is 2. The van der Waals surface area contributed by atoms with Gasteiger partial charge in [-0.05, 0) is 48.4 Å². The van der Waals surface area contributed by atoms with Gasteiger partial charge in [0.1, 0.15) is 0 Å². The van der Waals surface area contributed by atoms with E-state index in [4.69, 9.17) is 0 Å². The maximum absolute atomic E-state index is 12.2. The van der Waals surface area contributed by atoms with Crippen LogP contribution >= 0.6 is 0 Å². The van der Waals surface area contributed by atoms with Gasteiger partial charge in [0.25, 0.3) is 5.91 Å². The molecule has 110 valence electrons. The third-order valence-corrected chi connectivity index (χ3v) is 3.55. The normalized spacial score (nSPS) is 10.4. The SMILES string of the molecule is CCc1ccc(NC(=O)c2ccc(-n3ccnc3)cc2)cc1. The number of hydrogen-bond acceptors (Lipinski definition) is 2. The Kier molecular flexibility index (Phi) is 4.01. The van der Waals surface area contributed by atoms with Gasteiger partial charge in [0.05, 0.1) is 6.33 Å². The van der Waals surface area contributed by atoms with Gasteiger partial charge in [0.2, 0.25) is 0 Å². The van der Waals surface area contributed by atoms with Gasteiger partial charge in [-0.1, -0.05) is 19.1 Å². The highest BCUT2D eigenvalue weighted by Crippen LogP contribution is 2.13. The fourth-order valence-corrected chi connectivity index (χ4v) is 2.22. The van der Waals surface area contributed by atoms with E-state index in [1.54, 1.807) is 12.5 Å². The summed E-state index contributed by atoms with van der Waals surface area (Å²) in [6.45, 7) is 2.11. The fourth-order valence-electron chi connectivity index (χ4n) is 2.22. The molecule has 0 saturated carbocycles. The highest BCUT2D eigenvalue weighted by molar-refractivity contribution is 6.04. The zero-order valence-electron chi connectivity index (χ0n) is 12.4. The molecule has 3 rings (SSSR count). The Morgan fingerprint density at radius 3 is 2.41 bits per heavy atom. The molecule has 0 aliphatic heterocycles. The van der Waals surface area contributed by atoms with Crippen molar-refractivity contribution in [1.29, 1.82) is 0 Å². The second-order valence-electron chi connectivity index (χ2n) is 5.02. The first-order chi connectivity index (χ1) is 10.8. The number of carbonyl (C=O) groups excluding carboxylic acids is 1. The van der Waals surface area contributed by atoms with Crippen LogP contribution in [0, 0.1) is 0 Å². The number of aryl methyl sites for hydroxylation is 1. The van der Waals surface area contributed by atoms with E-state index in [1.165, 1.54) is 5.56 Å². The van der Waals surface area contributed by atoms with E-state index in [0.29, 0.717) is 5.56 Å². The van der Waals surface area contributed by atoms with Crippen LogP contribution in [0.1, 0.15) is 22.8 Å². The largest absolute Gasteiger partial charge is 0.322 e. The smallest absolute Gasteiger partial charge is 0.255 e. The number of imidazole rings is 1. The highest BCUT2D eigenvalue weighted by atomic mass is 16.1. The topological polar surface area (TPSA) is 46.9 Å². The second kappa shape index (κ2) is 6.26. The molecule has 0 bridgehead atoms. The van der Waals surface area contributed by atoms with Crippen LogP contribution in [0.2, 0.25) is 0 Å². The Hall–Kier alpha value is -2.88. The van der Waals surface area contributed by atoms with Crippen LogP contribution in [0.15, 0.2) is 67.3 Å². The van der Waals surface area contributed by atoms with Crippen molar-refractivity contribution in [2.24, 2.45) is 0 Å². The van der Waals surface area contributed by atoms with Crippen LogP contribution < -0.4 is 5.32 Å². The molecule has 0 spiro atoms. The van der Waals surface area contributed by atoms with Crippen molar-refractivity contribution in [3.8, 4) is 5.69 Å². The van der Waals surface area contributed by atoms with E-state index in [2.05, 4.69) is 17.2 Å². The maximum atomic E-state index is 12.2. The van der Waals surface area contributed by atoms with Crippen LogP contribution in [-0.4, -0.2) is 15.5 Å². The van der Waals surface area contributed by atoms with Crippen molar-refractivity contribution in [3.63, 3.8) is 0 Å². The summed E-state index contributed by atoms with van der Waals surface area (Å²) in [4.78, 5) is 16.2. The Balaban J connectivity index is 1.71. The van der Waals surface area contributed by atoms with E-state index < -0.39 is 0 Å². The summed E-state index contributed by atoms with van der Waals surface area (Å²) in [6, 6.07) is 15.3. The monoisotopic (exact) mass is 291 g/mol. The number of nitrogens with one attached hydrogen (secondary N) is 1. The van der Waals surface area contributed by atoms with Crippen molar-refractivity contribution >= 4 is 11.6 Å². The summed E-state index contributed by atoms with van der Waals surface area (Å²) in [7, 11) is 0. The van der Waals surface area contributed by atoms with Gasteiger partial charge in [0.15, 0.2) is 0 Å². The quantitative estimate of drug-likeness (QED) is 0.797. The molecule has 3 aromatic rings. The lowest BCUT2D eigenvalue weighted by Gasteiger charge is -2.07. The Morgan fingerprint density at radius 2 is 1.82 bits per heavy atom. The van der Waals surface area contributed by atoms with Gasteiger partial charge in [0, 0.05) is 29.3 Å². The van der Waals surface area contributed by atoms with Crippen LogP contribution in [0.3, 0.4) is 0 Å². The summed E-state index contributed by atoms with van der Waals surface area (Å²) in [6.07, 6.45) is 6.30. The minimum absolute atomic E-state index is 0.110. The highest BCUT2D eigenvalue weighted by Gasteiger charge is 2.06. The van der Waals surface area contributed by atoms with Gasteiger partial charge >= 0.3 is 0 Å². The number of rotatable bonds is 4. The number of carbonyl (C=O) groups is 1. The van der Waals surface area contributed by atoms with Crippen LogP contribution in [0.5, 0.6) is 0 Å². The Bertz CT molecular complexity index is 744. The predicted octanol–water partition coefficient (Wildman–Crippen LogP) is 3.69. The molecular formula is C18H17N3O. The lowest BCUT2D eigenvalue weighted by atomic mass is 10.1. The lowest BCUT2D eigenvalue weighted by molar-refractivity contribution is 0.102. The third kappa shape index (κ3) is 3.06. The van der Waals surface area contributed by atoms with E-state index in [9.17, 15) is 4.79 Å². The fraction of sp³-hybridized carbons (Fsp3) is 0.111. The van der Waals surface area contributed by atoms with Gasteiger partial charge in [-0.3, -0.25) is 4.79 Å². The molecular weight excluding hydrogens is 274 g/mol. The molecule has 2 aromatic carbocycles. The lowest BCUT2D eigenvalue weighted by Crippen LogP contribution is -2.11. The average molecular weight is 291 g/mol. The molecule has 22 heavy (non-hydrogen) atoms. The second-order valence-corrected chi connectivity index (χ2v) is 5.02. The van der Waals surface area contributed by atoms with E-state index in [-0.39, 0.29) is 5.91 Å². The third-order valence-electron chi connectivity index (χ3n) is 3.55. The molecule has 0 unspecified atom stereocenters. The van der Waals surface area contributed by atoms with Crippen molar-refractivity contribution in [2.75, 3.05) is 5.32 Å². The molecule has 1 amide bonds. The first kappa shape index (κ1) is 14.1. The summed E-state index contributed by atoms with van der Waals surface area (Å²) in [5, 5.41) is 2.91. The number of anilines is 1. The molecule has 0 aliphatic carbocycles. The maximum Gasteiger partial charge on any atom is 0.255 e. The number of amides is 1. The van der Waals surface area contributed by atoms with Gasteiger partial charge < -0.3 is 9.88 Å². The van der Waals surface area contributed by atoms with Crippen LogP contribution in [-0.2, 0) is 6.42 Å². The van der Waals surface area contributed by atoms with E-state index >= 15 is 0 Å². The van der Waals surface area contributed by atoms with Gasteiger partial charge in [-0.25, -0.2) is 4.98 Å². The minimum atomic E-state index is -0.110. The van der Waals surface area contributed by atoms with Gasteiger partial charge in [-0.15, -0.1) is 0 Å². The van der Waals surface area contributed by atoms with E-state index in [0.717, 1.165) is 17.8 Å². The number of hydrogen-bond donors (Lipinski definition) is 1. The van der Waals surface area contributed by atoms with Crippen molar-refractivity contribution in [2.45, 2.75) is 13.3 Å². The Labute approximate surface area is 129 Å². The summed E-state index contributed by atoms with van der Waals surface area (Å²) in [5.41, 5.74) is 3.66. The minimum Gasteiger partial charge on any atom is -0.322 e. The molecule has 0 atom stereocenters. The first-order valence-corrected chi connectivity index (χ1v) is 7.25. The molecule has 4 nitrogen and oxygen atoms in total. The Morgan fingerprint density at radius 1 is 1.09 bits per heavy atom. The molecule has 0 radical (unpaired) electrons. The number of aromatic nitrogens is 2. The number of benzene rings is 2. The molecule has 1 aromatic heterocycles. The van der Waals surface area contributed by atoms with Crippen molar-refractivity contribution in [3.05, 3.63) is 78.4 Å². The predicted molar refractivity (Wildman–Crippen MR) is 87.3 cm³/mol. The summed E-state index contributed by atoms with van der Waals surface area (Å²) in [5.74, 6) is -0.110.